The fraction of sp³-hybridized carbons (Fsp3) is 0.300. The number of anilines is 1. The van der Waals surface area contributed by atoms with Gasteiger partial charge < -0.3 is 10.7 Å². The van der Waals surface area contributed by atoms with Gasteiger partial charge in [0.25, 0.3) is 11.6 Å². The van der Waals surface area contributed by atoms with Crippen LogP contribution in [-0.2, 0) is 10.0 Å². The summed E-state index contributed by atoms with van der Waals surface area (Å²) in [5, 5.41) is 13.2. The number of hydrogen-bond acceptors (Lipinski definition) is 7. The Kier molecular flexibility index (Phi) is 5.58. The fourth-order valence-electron chi connectivity index (χ4n) is 1.47. The van der Waals surface area contributed by atoms with Crippen molar-refractivity contribution >= 4 is 27.3 Å². The van der Waals surface area contributed by atoms with Gasteiger partial charge in [-0.05, 0) is 12.1 Å². The third-order valence-electron chi connectivity index (χ3n) is 2.38. The van der Waals surface area contributed by atoms with Gasteiger partial charge in [0.05, 0.1) is 11.2 Å². The molecule has 0 saturated heterocycles. The standard InChI is InChI=1S/C10H15N5O5S/c1-21(19,20)13-5-4-12-10(16)8-6-7(14-11)2-3-9(8)15(17)18/h2-3,6,13-14H,4-5,11H2,1H3,(H,12,16). The Morgan fingerprint density at radius 1 is 1.38 bits per heavy atom. The van der Waals surface area contributed by atoms with Crippen LogP contribution in [0.4, 0.5) is 11.4 Å². The molecule has 0 aliphatic heterocycles. The predicted molar refractivity (Wildman–Crippen MR) is 76.1 cm³/mol. The Morgan fingerprint density at radius 3 is 2.57 bits per heavy atom. The van der Waals surface area contributed by atoms with Crippen molar-refractivity contribution in [2.75, 3.05) is 24.8 Å². The molecule has 0 unspecified atom stereocenters. The van der Waals surface area contributed by atoms with E-state index in [1.807, 2.05) is 0 Å². The second kappa shape index (κ2) is 6.97. The van der Waals surface area contributed by atoms with Gasteiger partial charge >= 0.3 is 0 Å². The van der Waals surface area contributed by atoms with Crippen LogP contribution in [0.3, 0.4) is 0 Å². The number of hydrogen-bond donors (Lipinski definition) is 4. The fourth-order valence-corrected chi connectivity index (χ4v) is 1.95. The van der Waals surface area contributed by atoms with Crippen molar-refractivity contribution in [2.45, 2.75) is 0 Å². The summed E-state index contributed by atoms with van der Waals surface area (Å²) >= 11 is 0. The highest BCUT2D eigenvalue weighted by atomic mass is 32.2. The summed E-state index contributed by atoms with van der Waals surface area (Å²) in [5.74, 6) is 4.49. The Morgan fingerprint density at radius 2 is 2.05 bits per heavy atom. The number of nitrogens with two attached hydrogens (primary N) is 1. The highest BCUT2D eigenvalue weighted by molar-refractivity contribution is 7.88. The van der Waals surface area contributed by atoms with Crippen LogP contribution >= 0.6 is 0 Å². The molecule has 11 heteroatoms. The molecule has 5 N–H and O–H groups in total. The van der Waals surface area contributed by atoms with Crippen LogP contribution in [0.1, 0.15) is 10.4 Å². The first-order valence-electron chi connectivity index (χ1n) is 5.72. The van der Waals surface area contributed by atoms with Crippen molar-refractivity contribution in [2.24, 2.45) is 5.84 Å². The number of amides is 1. The molecular weight excluding hydrogens is 302 g/mol. The van der Waals surface area contributed by atoms with Gasteiger partial charge in [0.1, 0.15) is 5.56 Å². The number of benzene rings is 1. The maximum absolute atomic E-state index is 11.9. The minimum atomic E-state index is -3.36. The van der Waals surface area contributed by atoms with E-state index in [0.717, 1.165) is 12.3 Å². The van der Waals surface area contributed by atoms with Crippen molar-refractivity contribution in [3.8, 4) is 0 Å². The molecular formula is C10H15N5O5S. The molecule has 0 bridgehead atoms. The third kappa shape index (κ3) is 5.33. The van der Waals surface area contributed by atoms with Gasteiger partial charge in [-0.2, -0.15) is 0 Å². The van der Waals surface area contributed by atoms with Crippen LogP contribution in [0, 0.1) is 10.1 Å². The highest BCUT2D eigenvalue weighted by Gasteiger charge is 2.20. The normalized spacial score (nSPS) is 11.0. The van der Waals surface area contributed by atoms with Crippen LogP contribution in [0.2, 0.25) is 0 Å². The summed E-state index contributed by atoms with van der Waals surface area (Å²) in [6, 6.07) is 3.75. The summed E-state index contributed by atoms with van der Waals surface area (Å²) < 4.78 is 23.9. The molecule has 116 valence electrons. The van der Waals surface area contributed by atoms with Gasteiger partial charge in [-0.25, -0.2) is 13.1 Å². The van der Waals surface area contributed by atoms with Gasteiger partial charge in [0.2, 0.25) is 10.0 Å². The molecule has 1 aromatic rings. The number of nitro benzene ring substituents is 1. The summed E-state index contributed by atoms with van der Waals surface area (Å²) in [4.78, 5) is 22.1. The number of nitrogens with zero attached hydrogens (tertiary/aromatic N) is 1. The van der Waals surface area contributed by atoms with E-state index in [-0.39, 0.29) is 24.3 Å². The molecule has 0 radical (unpaired) electrons. The zero-order valence-corrected chi connectivity index (χ0v) is 11.9. The molecule has 0 spiro atoms. The first-order chi connectivity index (χ1) is 9.74. The molecule has 0 atom stereocenters. The number of carbonyl (C=O) groups excluding carboxylic acids is 1. The second-order valence-electron chi connectivity index (χ2n) is 4.06. The number of sulfonamides is 1. The minimum absolute atomic E-state index is 0.0106. The maximum atomic E-state index is 11.9. The van der Waals surface area contributed by atoms with Crippen LogP contribution < -0.4 is 21.3 Å². The van der Waals surface area contributed by atoms with Gasteiger partial charge in [0, 0.05) is 24.8 Å². The first-order valence-corrected chi connectivity index (χ1v) is 7.61. The van der Waals surface area contributed by atoms with E-state index >= 15 is 0 Å². The lowest BCUT2D eigenvalue weighted by Gasteiger charge is -2.08. The van der Waals surface area contributed by atoms with E-state index in [2.05, 4.69) is 15.5 Å². The molecule has 0 heterocycles. The van der Waals surface area contributed by atoms with E-state index in [9.17, 15) is 23.3 Å². The zero-order valence-electron chi connectivity index (χ0n) is 11.1. The van der Waals surface area contributed by atoms with Crippen molar-refractivity contribution in [3.63, 3.8) is 0 Å². The summed E-state index contributed by atoms with van der Waals surface area (Å²) in [7, 11) is -3.36. The SMILES string of the molecule is CS(=O)(=O)NCCNC(=O)c1cc(NN)ccc1[N+](=O)[O-]. The molecule has 1 rings (SSSR count). The molecule has 0 aliphatic carbocycles. The molecule has 1 amide bonds. The first kappa shape index (κ1) is 16.8. The maximum Gasteiger partial charge on any atom is 0.282 e. The molecule has 21 heavy (non-hydrogen) atoms. The Bertz CT molecular complexity index is 645. The Labute approximate surface area is 120 Å². The van der Waals surface area contributed by atoms with Gasteiger partial charge in [-0.1, -0.05) is 0 Å². The zero-order chi connectivity index (χ0) is 16.0. The molecule has 1 aromatic carbocycles. The van der Waals surface area contributed by atoms with Crippen LogP contribution in [0.5, 0.6) is 0 Å². The van der Waals surface area contributed by atoms with Crippen molar-refractivity contribution in [1.29, 1.82) is 0 Å². The van der Waals surface area contributed by atoms with E-state index in [1.165, 1.54) is 12.1 Å². The molecule has 10 nitrogen and oxygen atoms in total. The smallest absolute Gasteiger partial charge is 0.282 e. The van der Waals surface area contributed by atoms with Gasteiger partial charge in [-0.15, -0.1) is 0 Å². The van der Waals surface area contributed by atoms with Crippen molar-refractivity contribution in [1.82, 2.24) is 10.0 Å². The molecule has 0 aliphatic rings. The quantitative estimate of drug-likeness (QED) is 0.221. The lowest BCUT2D eigenvalue weighted by molar-refractivity contribution is -0.385. The number of hydrazine groups is 1. The predicted octanol–water partition coefficient (Wildman–Crippen LogP) is -0.841. The van der Waals surface area contributed by atoms with Crippen LogP contribution in [-0.4, -0.2) is 38.6 Å². The highest BCUT2D eigenvalue weighted by Crippen LogP contribution is 2.22. The van der Waals surface area contributed by atoms with E-state index in [1.54, 1.807) is 0 Å². The number of rotatable bonds is 7. The average Bonchev–Trinajstić information content (AvgIpc) is 2.41. The van der Waals surface area contributed by atoms with Gasteiger partial charge in [0.15, 0.2) is 0 Å². The molecule has 0 aromatic heterocycles. The summed E-state index contributed by atoms with van der Waals surface area (Å²) in [5.41, 5.74) is 2.07. The number of nitro groups is 1. The summed E-state index contributed by atoms with van der Waals surface area (Å²) in [6.45, 7) is -0.0312. The molecule has 0 saturated carbocycles. The van der Waals surface area contributed by atoms with Crippen LogP contribution in [0.15, 0.2) is 18.2 Å². The van der Waals surface area contributed by atoms with E-state index in [0.29, 0.717) is 5.69 Å². The van der Waals surface area contributed by atoms with Crippen LogP contribution in [0.25, 0.3) is 0 Å². The number of nitrogen functional groups attached to an aromatic ring is 1. The summed E-state index contributed by atoms with van der Waals surface area (Å²) in [6.07, 6.45) is 0.982. The molecule has 0 fully saturated rings. The monoisotopic (exact) mass is 317 g/mol. The van der Waals surface area contributed by atoms with Crippen molar-refractivity contribution in [3.05, 3.63) is 33.9 Å². The lowest BCUT2D eigenvalue weighted by atomic mass is 10.1. The third-order valence-corrected chi connectivity index (χ3v) is 3.11. The Hall–Kier alpha value is -2.24. The second-order valence-corrected chi connectivity index (χ2v) is 5.89. The number of carbonyl (C=O) groups is 1. The minimum Gasteiger partial charge on any atom is -0.350 e. The topological polar surface area (TPSA) is 156 Å². The van der Waals surface area contributed by atoms with E-state index < -0.39 is 20.9 Å². The number of nitrogens with one attached hydrogen (secondary N) is 3. The van der Waals surface area contributed by atoms with Crippen molar-refractivity contribution < 1.29 is 18.1 Å². The van der Waals surface area contributed by atoms with Gasteiger partial charge in [-0.3, -0.25) is 20.8 Å². The van der Waals surface area contributed by atoms with E-state index in [4.69, 9.17) is 5.84 Å². The Balaban J connectivity index is 2.79. The largest absolute Gasteiger partial charge is 0.350 e. The lowest BCUT2D eigenvalue weighted by Crippen LogP contribution is -2.34. The average molecular weight is 317 g/mol.